The summed E-state index contributed by atoms with van der Waals surface area (Å²) in [5.74, 6) is 0.737. The van der Waals surface area contributed by atoms with Gasteiger partial charge in [-0.25, -0.2) is 4.68 Å². The van der Waals surface area contributed by atoms with Gasteiger partial charge in [-0.15, -0.1) is 24.0 Å². The average Bonchev–Trinajstić information content (AvgIpc) is 3.34. The summed E-state index contributed by atoms with van der Waals surface area (Å²) >= 11 is 0. The standard InChI is InChI=1S/C24H30N6O.HI/c1-3-26-24(28-16-13-20-6-4-7-21(18-20)23(31)25-2)27-15-12-19-8-10-22(11-9-19)30-17-5-14-29-30;/h4-11,14,17-18H,3,12-13,15-16H2,1-2H3,(H,25,31)(H2,26,27,28);1H. The van der Waals surface area contributed by atoms with Crippen molar-refractivity contribution >= 4 is 35.8 Å². The maximum atomic E-state index is 11.8. The fraction of sp³-hybridized carbons (Fsp3) is 0.292. The minimum atomic E-state index is -0.0673. The highest BCUT2D eigenvalue weighted by molar-refractivity contribution is 14.0. The molecule has 0 unspecified atom stereocenters. The number of nitrogens with one attached hydrogen (secondary N) is 3. The van der Waals surface area contributed by atoms with E-state index in [4.69, 9.17) is 0 Å². The fourth-order valence-electron chi connectivity index (χ4n) is 3.21. The summed E-state index contributed by atoms with van der Waals surface area (Å²) in [5.41, 5.74) is 4.08. The van der Waals surface area contributed by atoms with Crippen LogP contribution >= 0.6 is 24.0 Å². The van der Waals surface area contributed by atoms with Gasteiger partial charge in [-0.3, -0.25) is 9.79 Å². The van der Waals surface area contributed by atoms with E-state index in [1.165, 1.54) is 5.56 Å². The van der Waals surface area contributed by atoms with E-state index in [0.29, 0.717) is 12.1 Å². The van der Waals surface area contributed by atoms with Gasteiger partial charge in [0.25, 0.3) is 5.91 Å². The molecule has 1 amide bonds. The quantitative estimate of drug-likeness (QED) is 0.219. The number of carbonyl (C=O) groups excluding carboxylic acids is 1. The minimum Gasteiger partial charge on any atom is -0.357 e. The molecule has 0 aliphatic carbocycles. The SMILES string of the molecule is CCNC(=NCCc1ccc(-n2cccn2)cc1)NCCc1cccc(C(=O)NC)c1.I. The molecule has 3 N–H and O–H groups in total. The van der Waals surface area contributed by atoms with Crippen molar-refractivity contribution in [3.63, 3.8) is 0 Å². The number of benzene rings is 2. The number of rotatable bonds is 9. The monoisotopic (exact) mass is 546 g/mol. The highest BCUT2D eigenvalue weighted by Gasteiger charge is 2.04. The summed E-state index contributed by atoms with van der Waals surface area (Å²) in [6.07, 6.45) is 5.38. The maximum Gasteiger partial charge on any atom is 0.251 e. The number of amides is 1. The molecule has 2 aromatic carbocycles. The van der Waals surface area contributed by atoms with E-state index in [1.807, 2.05) is 41.2 Å². The largest absolute Gasteiger partial charge is 0.357 e. The van der Waals surface area contributed by atoms with Gasteiger partial charge in [0.1, 0.15) is 0 Å². The van der Waals surface area contributed by atoms with E-state index in [0.717, 1.165) is 43.1 Å². The highest BCUT2D eigenvalue weighted by atomic mass is 127. The predicted octanol–water partition coefficient (Wildman–Crippen LogP) is 3.19. The second-order valence-corrected chi connectivity index (χ2v) is 7.08. The number of hydrogen-bond acceptors (Lipinski definition) is 3. The van der Waals surface area contributed by atoms with Crippen molar-refractivity contribution in [2.75, 3.05) is 26.7 Å². The topological polar surface area (TPSA) is 83.3 Å². The summed E-state index contributed by atoms with van der Waals surface area (Å²) in [5, 5.41) is 13.6. The summed E-state index contributed by atoms with van der Waals surface area (Å²) in [6.45, 7) is 4.29. The van der Waals surface area contributed by atoms with Gasteiger partial charge in [-0.05, 0) is 61.2 Å². The Hall–Kier alpha value is -2.88. The van der Waals surface area contributed by atoms with E-state index in [1.54, 1.807) is 13.2 Å². The van der Waals surface area contributed by atoms with Gasteiger partial charge in [-0.1, -0.05) is 24.3 Å². The van der Waals surface area contributed by atoms with Gasteiger partial charge < -0.3 is 16.0 Å². The van der Waals surface area contributed by atoms with Gasteiger partial charge in [0.05, 0.1) is 5.69 Å². The first kappa shape index (κ1) is 25.4. The van der Waals surface area contributed by atoms with Crippen molar-refractivity contribution in [3.8, 4) is 5.69 Å². The van der Waals surface area contributed by atoms with Crippen LogP contribution in [0.3, 0.4) is 0 Å². The lowest BCUT2D eigenvalue weighted by Crippen LogP contribution is -2.38. The molecular formula is C24H31IN6O. The van der Waals surface area contributed by atoms with E-state index < -0.39 is 0 Å². The molecule has 0 saturated heterocycles. The lowest BCUT2D eigenvalue weighted by molar-refractivity contribution is 0.0963. The Morgan fingerprint density at radius 2 is 1.84 bits per heavy atom. The van der Waals surface area contributed by atoms with E-state index in [9.17, 15) is 4.79 Å². The van der Waals surface area contributed by atoms with Crippen molar-refractivity contribution < 1.29 is 4.79 Å². The molecule has 0 spiro atoms. The molecule has 0 fully saturated rings. The van der Waals surface area contributed by atoms with Crippen LogP contribution in [-0.2, 0) is 12.8 Å². The molecule has 0 radical (unpaired) electrons. The average molecular weight is 546 g/mol. The van der Waals surface area contributed by atoms with E-state index in [-0.39, 0.29) is 29.9 Å². The van der Waals surface area contributed by atoms with Crippen LogP contribution in [0.15, 0.2) is 72.0 Å². The zero-order valence-corrected chi connectivity index (χ0v) is 20.9. The molecule has 0 atom stereocenters. The molecule has 0 aliphatic heterocycles. The molecule has 32 heavy (non-hydrogen) atoms. The van der Waals surface area contributed by atoms with Crippen molar-refractivity contribution in [1.29, 1.82) is 0 Å². The predicted molar refractivity (Wildman–Crippen MR) is 140 cm³/mol. The summed E-state index contributed by atoms with van der Waals surface area (Å²) in [4.78, 5) is 16.5. The van der Waals surface area contributed by atoms with Crippen molar-refractivity contribution in [1.82, 2.24) is 25.7 Å². The van der Waals surface area contributed by atoms with E-state index >= 15 is 0 Å². The smallest absolute Gasteiger partial charge is 0.251 e. The second-order valence-electron chi connectivity index (χ2n) is 7.08. The number of guanidine groups is 1. The molecular weight excluding hydrogens is 515 g/mol. The molecule has 7 nitrogen and oxygen atoms in total. The van der Waals surface area contributed by atoms with Crippen molar-refractivity contribution in [2.45, 2.75) is 19.8 Å². The Bertz CT molecular complexity index is 986. The van der Waals surface area contributed by atoms with Gasteiger partial charge >= 0.3 is 0 Å². The zero-order chi connectivity index (χ0) is 21.9. The summed E-state index contributed by atoms with van der Waals surface area (Å²) in [7, 11) is 1.64. The molecule has 1 heterocycles. The second kappa shape index (κ2) is 13.5. The Morgan fingerprint density at radius 1 is 1.03 bits per heavy atom. The van der Waals surface area contributed by atoms with Crippen LogP contribution in [0.4, 0.5) is 0 Å². The number of nitrogens with zero attached hydrogens (tertiary/aromatic N) is 3. The molecule has 0 aliphatic rings. The van der Waals surface area contributed by atoms with Crippen LogP contribution in [0.1, 0.15) is 28.4 Å². The molecule has 3 rings (SSSR count). The first-order valence-corrected chi connectivity index (χ1v) is 10.6. The number of aliphatic imine (C=N–C) groups is 1. The normalized spacial score (nSPS) is 10.9. The molecule has 3 aromatic rings. The van der Waals surface area contributed by atoms with Gasteiger partial charge in [0.2, 0.25) is 0 Å². The summed E-state index contributed by atoms with van der Waals surface area (Å²) in [6, 6.07) is 18.0. The van der Waals surface area contributed by atoms with Crippen LogP contribution < -0.4 is 16.0 Å². The number of aromatic nitrogens is 2. The van der Waals surface area contributed by atoms with Crippen LogP contribution in [0.2, 0.25) is 0 Å². The van der Waals surface area contributed by atoms with Gasteiger partial charge in [0, 0.05) is 44.6 Å². The van der Waals surface area contributed by atoms with Crippen molar-refractivity contribution in [3.05, 3.63) is 83.7 Å². The first-order valence-electron chi connectivity index (χ1n) is 10.6. The van der Waals surface area contributed by atoms with E-state index in [2.05, 4.69) is 57.2 Å². The van der Waals surface area contributed by atoms with Gasteiger partial charge in [0.15, 0.2) is 5.96 Å². The first-order chi connectivity index (χ1) is 15.2. The Morgan fingerprint density at radius 3 is 2.53 bits per heavy atom. The lowest BCUT2D eigenvalue weighted by atomic mass is 10.1. The molecule has 0 saturated carbocycles. The van der Waals surface area contributed by atoms with Crippen molar-refractivity contribution in [2.24, 2.45) is 4.99 Å². The Labute approximate surface area is 206 Å². The zero-order valence-electron chi connectivity index (χ0n) is 18.5. The fourth-order valence-corrected chi connectivity index (χ4v) is 3.21. The minimum absolute atomic E-state index is 0. The molecule has 170 valence electrons. The van der Waals surface area contributed by atoms with Crippen LogP contribution in [0.25, 0.3) is 5.69 Å². The number of carbonyl (C=O) groups is 1. The van der Waals surface area contributed by atoms with Crippen LogP contribution in [0, 0.1) is 0 Å². The molecule has 1 aromatic heterocycles. The van der Waals surface area contributed by atoms with Crippen LogP contribution in [-0.4, -0.2) is 48.3 Å². The third kappa shape index (κ3) is 7.67. The Kier molecular flexibility index (Phi) is 10.7. The van der Waals surface area contributed by atoms with Crippen LogP contribution in [0.5, 0.6) is 0 Å². The Balaban J connectivity index is 0.00000363. The third-order valence-corrected chi connectivity index (χ3v) is 4.84. The summed E-state index contributed by atoms with van der Waals surface area (Å²) < 4.78 is 1.85. The lowest BCUT2D eigenvalue weighted by Gasteiger charge is -2.12. The maximum absolute atomic E-state index is 11.8. The molecule has 0 bridgehead atoms. The number of halogens is 1. The number of hydrogen-bond donors (Lipinski definition) is 3. The third-order valence-electron chi connectivity index (χ3n) is 4.84. The van der Waals surface area contributed by atoms with Gasteiger partial charge in [-0.2, -0.15) is 5.10 Å². The highest BCUT2D eigenvalue weighted by Crippen LogP contribution is 2.09. The molecule has 8 heteroatoms.